The van der Waals surface area contributed by atoms with Gasteiger partial charge in [0.2, 0.25) is 5.56 Å². The average molecular weight is 248 g/mol. The smallest absolute Gasteiger partial charge is 0.252 e. The topological polar surface area (TPSA) is 51.1 Å². The van der Waals surface area contributed by atoms with Gasteiger partial charge in [-0.15, -0.1) is 0 Å². The Bertz CT molecular complexity index is 471. The first-order valence-electron chi connectivity index (χ1n) is 6.64. The Morgan fingerprint density at radius 1 is 1.22 bits per heavy atom. The van der Waals surface area contributed by atoms with Crippen LogP contribution in [0.3, 0.4) is 0 Å². The van der Waals surface area contributed by atoms with Crippen LogP contribution in [-0.2, 0) is 7.05 Å². The average Bonchev–Trinajstić information content (AvgIpc) is 2.61. The molecule has 0 unspecified atom stereocenters. The van der Waals surface area contributed by atoms with Crippen molar-refractivity contribution in [3.63, 3.8) is 0 Å². The van der Waals surface area contributed by atoms with Gasteiger partial charge in [-0.05, 0) is 18.9 Å². The predicted octanol–water partition coefficient (Wildman–Crippen LogP) is 1.84. The maximum absolute atomic E-state index is 12.1. The van der Waals surface area contributed by atoms with Gasteiger partial charge in [-0.1, -0.05) is 25.7 Å². The van der Waals surface area contributed by atoms with Gasteiger partial charge >= 0.3 is 0 Å². The molecule has 2 rings (SSSR count). The van der Waals surface area contributed by atoms with Gasteiger partial charge in [0.15, 0.2) is 0 Å². The molecule has 0 spiro atoms. The Labute approximate surface area is 107 Å². The lowest BCUT2D eigenvalue weighted by atomic mass is 10.1. The minimum Gasteiger partial charge on any atom is -0.349 e. The number of aromatic nitrogens is 1. The summed E-state index contributed by atoms with van der Waals surface area (Å²) in [6, 6.07) is 3.31. The first kappa shape index (κ1) is 12.9. The van der Waals surface area contributed by atoms with Gasteiger partial charge in [0, 0.05) is 25.4 Å². The molecule has 4 nitrogen and oxygen atoms in total. The molecule has 0 aliphatic heterocycles. The molecule has 4 heteroatoms. The number of amides is 1. The van der Waals surface area contributed by atoms with Crippen molar-refractivity contribution in [3.8, 4) is 0 Å². The second-order valence-electron chi connectivity index (χ2n) is 5.03. The van der Waals surface area contributed by atoms with E-state index in [2.05, 4.69) is 5.32 Å². The molecule has 1 aliphatic carbocycles. The second-order valence-corrected chi connectivity index (χ2v) is 5.03. The molecule has 1 N–H and O–H groups in total. The summed E-state index contributed by atoms with van der Waals surface area (Å²) in [5.41, 5.74) is 0.461. The number of aryl methyl sites for hydroxylation is 1. The van der Waals surface area contributed by atoms with Gasteiger partial charge in [-0.25, -0.2) is 0 Å². The highest BCUT2D eigenvalue weighted by Gasteiger charge is 2.15. The van der Waals surface area contributed by atoms with Gasteiger partial charge in [0.05, 0.1) is 5.56 Å². The van der Waals surface area contributed by atoms with E-state index in [1.165, 1.54) is 36.3 Å². The molecule has 0 atom stereocenters. The summed E-state index contributed by atoms with van der Waals surface area (Å²) >= 11 is 0. The van der Waals surface area contributed by atoms with E-state index in [0.717, 1.165) is 12.8 Å². The van der Waals surface area contributed by atoms with Gasteiger partial charge in [0.25, 0.3) is 5.91 Å². The molecule has 0 aromatic carbocycles. The van der Waals surface area contributed by atoms with E-state index in [-0.39, 0.29) is 17.5 Å². The van der Waals surface area contributed by atoms with Crippen LogP contribution in [0.4, 0.5) is 0 Å². The van der Waals surface area contributed by atoms with Crippen molar-refractivity contribution in [2.45, 2.75) is 44.6 Å². The van der Waals surface area contributed by atoms with E-state index >= 15 is 0 Å². The molecular weight excluding hydrogens is 228 g/mol. The van der Waals surface area contributed by atoms with Crippen LogP contribution < -0.4 is 10.9 Å². The lowest BCUT2D eigenvalue weighted by Crippen LogP contribution is -2.35. The summed E-state index contributed by atoms with van der Waals surface area (Å²) in [7, 11) is 1.66. The molecular formula is C14H20N2O2. The first-order chi connectivity index (χ1) is 8.66. The first-order valence-corrected chi connectivity index (χ1v) is 6.64. The van der Waals surface area contributed by atoms with E-state index in [9.17, 15) is 9.59 Å². The number of carbonyl (C=O) groups is 1. The summed E-state index contributed by atoms with van der Waals surface area (Å²) < 4.78 is 1.43. The summed E-state index contributed by atoms with van der Waals surface area (Å²) in [6.45, 7) is 0. The third-order valence-electron chi connectivity index (χ3n) is 3.54. The Morgan fingerprint density at radius 2 is 1.89 bits per heavy atom. The van der Waals surface area contributed by atoms with Crippen LogP contribution in [0.1, 0.15) is 48.9 Å². The zero-order chi connectivity index (χ0) is 13.0. The molecule has 0 saturated heterocycles. The second kappa shape index (κ2) is 5.85. The van der Waals surface area contributed by atoms with Gasteiger partial charge in [-0.2, -0.15) is 0 Å². The van der Waals surface area contributed by atoms with Crippen molar-refractivity contribution in [3.05, 3.63) is 34.2 Å². The van der Waals surface area contributed by atoms with E-state index in [1.807, 2.05) is 0 Å². The monoisotopic (exact) mass is 248 g/mol. The van der Waals surface area contributed by atoms with E-state index < -0.39 is 0 Å². The molecule has 18 heavy (non-hydrogen) atoms. The number of pyridine rings is 1. The number of nitrogens with zero attached hydrogens (tertiary/aromatic N) is 1. The van der Waals surface area contributed by atoms with Crippen molar-refractivity contribution in [1.82, 2.24) is 9.88 Å². The highest BCUT2D eigenvalue weighted by Crippen LogP contribution is 2.17. The van der Waals surface area contributed by atoms with Crippen molar-refractivity contribution in [1.29, 1.82) is 0 Å². The third kappa shape index (κ3) is 3.22. The highest BCUT2D eigenvalue weighted by molar-refractivity contribution is 5.94. The molecule has 0 bridgehead atoms. The molecule has 1 aromatic rings. The van der Waals surface area contributed by atoms with Crippen LogP contribution in [0, 0.1) is 0 Å². The molecule has 1 aliphatic rings. The fraction of sp³-hybridized carbons (Fsp3) is 0.571. The van der Waals surface area contributed by atoms with Crippen molar-refractivity contribution in [2.75, 3.05) is 0 Å². The number of rotatable bonds is 2. The lowest BCUT2D eigenvalue weighted by molar-refractivity contribution is 0.0932. The SMILES string of the molecule is Cn1cc(C(=O)NC2CCCCCC2)ccc1=O. The van der Waals surface area contributed by atoms with Crippen LogP contribution >= 0.6 is 0 Å². The highest BCUT2D eigenvalue weighted by atomic mass is 16.2. The largest absolute Gasteiger partial charge is 0.349 e. The van der Waals surface area contributed by atoms with E-state index in [1.54, 1.807) is 19.3 Å². The summed E-state index contributed by atoms with van der Waals surface area (Å²) in [5.74, 6) is -0.0718. The normalized spacial score (nSPS) is 17.2. The number of carbonyl (C=O) groups excluding carboxylic acids is 1. The fourth-order valence-corrected chi connectivity index (χ4v) is 2.42. The van der Waals surface area contributed by atoms with Crippen LogP contribution in [-0.4, -0.2) is 16.5 Å². The van der Waals surface area contributed by atoms with Crippen LogP contribution in [0.2, 0.25) is 0 Å². The Kier molecular flexibility index (Phi) is 4.18. The standard InChI is InChI=1S/C14H20N2O2/c1-16-10-11(8-9-13(16)17)14(18)15-12-6-4-2-3-5-7-12/h8-10,12H,2-7H2,1H3,(H,15,18). The van der Waals surface area contributed by atoms with Gasteiger partial charge in [-0.3, -0.25) is 9.59 Å². The molecule has 0 radical (unpaired) electrons. The van der Waals surface area contributed by atoms with Gasteiger partial charge < -0.3 is 9.88 Å². The fourth-order valence-electron chi connectivity index (χ4n) is 2.42. The summed E-state index contributed by atoms with van der Waals surface area (Å²) in [5, 5.41) is 3.07. The van der Waals surface area contributed by atoms with Crippen LogP contribution in [0.15, 0.2) is 23.1 Å². The van der Waals surface area contributed by atoms with Crippen molar-refractivity contribution in [2.24, 2.45) is 7.05 Å². The van der Waals surface area contributed by atoms with Crippen molar-refractivity contribution >= 4 is 5.91 Å². The summed E-state index contributed by atoms with van der Waals surface area (Å²) in [6.07, 6.45) is 8.65. The molecule has 1 fully saturated rings. The summed E-state index contributed by atoms with van der Waals surface area (Å²) in [4.78, 5) is 23.3. The van der Waals surface area contributed by atoms with Crippen LogP contribution in [0.25, 0.3) is 0 Å². The maximum atomic E-state index is 12.1. The van der Waals surface area contributed by atoms with Gasteiger partial charge in [0.1, 0.15) is 0 Å². The minimum absolute atomic E-state index is 0.0718. The van der Waals surface area contributed by atoms with Crippen LogP contribution in [0.5, 0.6) is 0 Å². The molecule has 1 amide bonds. The molecule has 1 aromatic heterocycles. The quantitative estimate of drug-likeness (QED) is 0.812. The Balaban J connectivity index is 2.02. The number of hydrogen-bond donors (Lipinski definition) is 1. The number of nitrogens with one attached hydrogen (secondary N) is 1. The zero-order valence-corrected chi connectivity index (χ0v) is 10.8. The molecule has 1 saturated carbocycles. The lowest BCUT2D eigenvalue weighted by Gasteiger charge is -2.16. The Morgan fingerprint density at radius 3 is 2.50 bits per heavy atom. The zero-order valence-electron chi connectivity index (χ0n) is 10.8. The molecule has 98 valence electrons. The molecule has 1 heterocycles. The van der Waals surface area contributed by atoms with E-state index in [0.29, 0.717) is 5.56 Å². The predicted molar refractivity (Wildman–Crippen MR) is 70.6 cm³/mol. The number of hydrogen-bond acceptors (Lipinski definition) is 2. The maximum Gasteiger partial charge on any atom is 0.252 e. The Hall–Kier alpha value is -1.58. The third-order valence-corrected chi connectivity index (χ3v) is 3.54. The van der Waals surface area contributed by atoms with Crippen molar-refractivity contribution < 1.29 is 4.79 Å². The van der Waals surface area contributed by atoms with E-state index in [4.69, 9.17) is 0 Å². The minimum atomic E-state index is -0.0963.